The lowest BCUT2D eigenvalue weighted by molar-refractivity contribution is -0.115. The smallest absolute Gasteiger partial charge is 0.228 e. The van der Waals surface area contributed by atoms with E-state index in [1.54, 1.807) is 32.4 Å². The van der Waals surface area contributed by atoms with E-state index in [9.17, 15) is 4.79 Å². The Bertz CT molecular complexity index is 689. The van der Waals surface area contributed by atoms with Crippen molar-refractivity contribution in [2.45, 2.75) is 6.42 Å². The van der Waals surface area contributed by atoms with Crippen molar-refractivity contribution in [2.24, 2.45) is 0 Å². The zero-order valence-corrected chi connectivity index (χ0v) is 15.3. The maximum atomic E-state index is 12.3. The van der Waals surface area contributed by atoms with Crippen LogP contribution in [0.25, 0.3) is 0 Å². The number of hydrogen-bond acceptors (Lipinski definition) is 3. The number of anilines is 1. The zero-order chi connectivity index (χ0) is 16.1. The van der Waals surface area contributed by atoms with E-state index >= 15 is 0 Å². The molecule has 22 heavy (non-hydrogen) atoms. The fraction of sp³-hybridized carbons (Fsp3) is 0.188. The van der Waals surface area contributed by atoms with Crippen LogP contribution in [0, 0.1) is 0 Å². The summed E-state index contributed by atoms with van der Waals surface area (Å²) in [6.45, 7) is 0. The Morgan fingerprint density at radius 3 is 2.55 bits per heavy atom. The molecule has 2 aromatic carbocycles. The largest absolute Gasteiger partial charge is 0.497 e. The van der Waals surface area contributed by atoms with Crippen molar-refractivity contribution in [2.75, 3.05) is 19.5 Å². The van der Waals surface area contributed by atoms with Crippen LogP contribution in [0.5, 0.6) is 11.5 Å². The second kappa shape index (κ2) is 7.65. The maximum Gasteiger partial charge on any atom is 0.228 e. The minimum atomic E-state index is -0.134. The molecule has 1 amide bonds. The molecule has 6 heteroatoms. The normalized spacial score (nSPS) is 10.2. The lowest BCUT2D eigenvalue weighted by atomic mass is 10.1. The van der Waals surface area contributed by atoms with Crippen molar-refractivity contribution in [1.82, 2.24) is 0 Å². The lowest BCUT2D eigenvalue weighted by Crippen LogP contribution is -2.15. The van der Waals surface area contributed by atoms with Crippen LogP contribution in [-0.4, -0.2) is 20.1 Å². The van der Waals surface area contributed by atoms with E-state index in [-0.39, 0.29) is 12.3 Å². The molecule has 116 valence electrons. The van der Waals surface area contributed by atoms with Crippen molar-refractivity contribution in [1.29, 1.82) is 0 Å². The van der Waals surface area contributed by atoms with Gasteiger partial charge in [0.05, 0.1) is 26.3 Å². The van der Waals surface area contributed by atoms with Crippen LogP contribution in [0.2, 0.25) is 0 Å². The summed E-state index contributed by atoms with van der Waals surface area (Å²) in [4.78, 5) is 12.3. The molecular formula is C16H15Br2NO3. The Morgan fingerprint density at radius 2 is 1.86 bits per heavy atom. The van der Waals surface area contributed by atoms with Gasteiger partial charge in [-0.2, -0.15) is 0 Å². The maximum absolute atomic E-state index is 12.3. The van der Waals surface area contributed by atoms with Crippen molar-refractivity contribution < 1.29 is 14.3 Å². The molecule has 0 heterocycles. The Labute approximate surface area is 146 Å². The fourth-order valence-electron chi connectivity index (χ4n) is 1.98. The minimum absolute atomic E-state index is 0.134. The van der Waals surface area contributed by atoms with Crippen molar-refractivity contribution in [3.63, 3.8) is 0 Å². The molecule has 0 saturated heterocycles. The van der Waals surface area contributed by atoms with E-state index in [0.717, 1.165) is 14.5 Å². The summed E-state index contributed by atoms with van der Waals surface area (Å²) in [5, 5.41) is 2.88. The van der Waals surface area contributed by atoms with Gasteiger partial charge in [-0.05, 0) is 52.3 Å². The van der Waals surface area contributed by atoms with Crippen molar-refractivity contribution >= 4 is 43.5 Å². The number of halogens is 2. The van der Waals surface area contributed by atoms with E-state index in [1.165, 1.54) is 0 Å². The quantitative estimate of drug-likeness (QED) is 0.767. The zero-order valence-electron chi connectivity index (χ0n) is 12.2. The molecule has 0 aromatic heterocycles. The Balaban J connectivity index is 2.16. The van der Waals surface area contributed by atoms with Crippen molar-refractivity contribution in [3.05, 3.63) is 50.9 Å². The van der Waals surface area contributed by atoms with Gasteiger partial charge < -0.3 is 14.8 Å². The average Bonchev–Trinajstić information content (AvgIpc) is 2.50. The summed E-state index contributed by atoms with van der Waals surface area (Å²) in [5.74, 6) is 1.21. The van der Waals surface area contributed by atoms with Crippen LogP contribution in [0.15, 0.2) is 45.3 Å². The predicted octanol–water partition coefficient (Wildman–Crippen LogP) is 4.41. The highest BCUT2D eigenvalue weighted by Crippen LogP contribution is 2.28. The molecule has 0 aliphatic rings. The van der Waals surface area contributed by atoms with E-state index in [0.29, 0.717) is 17.2 Å². The molecule has 0 radical (unpaired) electrons. The third-order valence-electron chi connectivity index (χ3n) is 3.04. The third kappa shape index (κ3) is 4.24. The molecule has 0 spiro atoms. The predicted molar refractivity (Wildman–Crippen MR) is 93.7 cm³/mol. The number of amides is 1. The first kappa shape index (κ1) is 16.8. The van der Waals surface area contributed by atoms with E-state index in [2.05, 4.69) is 37.2 Å². The Morgan fingerprint density at radius 1 is 1.09 bits per heavy atom. The van der Waals surface area contributed by atoms with Crippen LogP contribution in [0.4, 0.5) is 5.69 Å². The first-order chi connectivity index (χ1) is 10.5. The summed E-state index contributed by atoms with van der Waals surface area (Å²) in [7, 11) is 3.17. The number of methoxy groups -OCH3 is 2. The topological polar surface area (TPSA) is 47.6 Å². The summed E-state index contributed by atoms with van der Waals surface area (Å²) in [5.41, 5.74) is 1.48. The van der Waals surface area contributed by atoms with Gasteiger partial charge in [0.1, 0.15) is 11.5 Å². The highest BCUT2D eigenvalue weighted by molar-refractivity contribution is 9.11. The van der Waals surface area contributed by atoms with Gasteiger partial charge in [0.25, 0.3) is 0 Å². The standard InChI is InChI=1S/C16H15Br2NO3/c1-21-12-4-6-15(22-2)10(7-12)8-16(20)19-14-9-11(17)3-5-13(14)18/h3-7,9H,8H2,1-2H3,(H,19,20). The monoisotopic (exact) mass is 427 g/mol. The fourth-order valence-corrected chi connectivity index (χ4v) is 2.69. The van der Waals surface area contributed by atoms with E-state index < -0.39 is 0 Å². The summed E-state index contributed by atoms with van der Waals surface area (Å²) >= 11 is 6.80. The van der Waals surface area contributed by atoms with Gasteiger partial charge >= 0.3 is 0 Å². The van der Waals surface area contributed by atoms with Crippen LogP contribution in [0.3, 0.4) is 0 Å². The molecule has 0 unspecified atom stereocenters. The number of benzene rings is 2. The summed E-state index contributed by atoms with van der Waals surface area (Å²) in [6.07, 6.45) is 0.194. The second-order valence-electron chi connectivity index (χ2n) is 4.53. The van der Waals surface area contributed by atoms with Crippen LogP contribution in [0.1, 0.15) is 5.56 Å². The van der Waals surface area contributed by atoms with E-state index in [1.807, 2.05) is 18.2 Å². The SMILES string of the molecule is COc1ccc(OC)c(CC(=O)Nc2cc(Br)ccc2Br)c1. The number of carbonyl (C=O) groups excluding carboxylic acids is 1. The van der Waals surface area contributed by atoms with Gasteiger partial charge in [0, 0.05) is 14.5 Å². The van der Waals surface area contributed by atoms with E-state index in [4.69, 9.17) is 9.47 Å². The van der Waals surface area contributed by atoms with Gasteiger partial charge in [-0.25, -0.2) is 0 Å². The number of ether oxygens (including phenoxy) is 2. The molecular weight excluding hydrogens is 414 g/mol. The minimum Gasteiger partial charge on any atom is -0.497 e. The van der Waals surface area contributed by atoms with Gasteiger partial charge in [-0.15, -0.1) is 0 Å². The first-order valence-corrected chi connectivity index (χ1v) is 8.08. The third-order valence-corrected chi connectivity index (χ3v) is 4.23. The molecule has 0 aliphatic carbocycles. The summed E-state index contributed by atoms with van der Waals surface area (Å²) < 4.78 is 12.2. The Kier molecular flexibility index (Phi) is 5.85. The van der Waals surface area contributed by atoms with Crippen molar-refractivity contribution in [3.8, 4) is 11.5 Å². The molecule has 0 saturated carbocycles. The van der Waals surface area contributed by atoms with Crippen LogP contribution >= 0.6 is 31.9 Å². The molecule has 2 rings (SSSR count). The molecule has 0 aliphatic heterocycles. The van der Waals surface area contributed by atoms with Gasteiger partial charge in [-0.3, -0.25) is 4.79 Å². The number of rotatable bonds is 5. The second-order valence-corrected chi connectivity index (χ2v) is 6.30. The highest BCUT2D eigenvalue weighted by Gasteiger charge is 2.12. The lowest BCUT2D eigenvalue weighted by Gasteiger charge is -2.11. The molecule has 4 nitrogen and oxygen atoms in total. The van der Waals surface area contributed by atoms with Crippen LogP contribution in [-0.2, 0) is 11.2 Å². The van der Waals surface area contributed by atoms with Gasteiger partial charge in [0.2, 0.25) is 5.91 Å². The molecule has 0 fully saturated rings. The van der Waals surface area contributed by atoms with Gasteiger partial charge in [0.15, 0.2) is 0 Å². The number of carbonyl (C=O) groups is 1. The molecule has 1 N–H and O–H groups in total. The summed E-state index contributed by atoms with van der Waals surface area (Å²) in [6, 6.07) is 11.0. The molecule has 2 aromatic rings. The van der Waals surface area contributed by atoms with Gasteiger partial charge in [-0.1, -0.05) is 15.9 Å². The molecule has 0 atom stereocenters. The Hall–Kier alpha value is -1.53. The van der Waals surface area contributed by atoms with Crippen LogP contribution < -0.4 is 14.8 Å². The average molecular weight is 429 g/mol. The highest BCUT2D eigenvalue weighted by atomic mass is 79.9. The number of hydrogen-bond donors (Lipinski definition) is 1. The first-order valence-electron chi connectivity index (χ1n) is 6.49. The number of nitrogens with one attached hydrogen (secondary N) is 1. The molecule has 0 bridgehead atoms.